The van der Waals surface area contributed by atoms with Gasteiger partial charge in [0.25, 0.3) is 11.6 Å². The van der Waals surface area contributed by atoms with Crippen LogP contribution in [0.15, 0.2) is 47.6 Å². The molecule has 0 aromatic heterocycles. The van der Waals surface area contributed by atoms with Gasteiger partial charge in [-0.1, -0.05) is 29.8 Å². The Morgan fingerprint density at radius 3 is 2.75 bits per heavy atom. The third-order valence-corrected chi connectivity index (χ3v) is 3.22. The fourth-order valence-electron chi connectivity index (χ4n) is 2.07. The van der Waals surface area contributed by atoms with E-state index in [0.29, 0.717) is 11.3 Å². The summed E-state index contributed by atoms with van der Waals surface area (Å²) in [6, 6.07) is 11.8. The smallest absolute Gasteiger partial charge is 0.278 e. The second-order valence-corrected chi connectivity index (χ2v) is 5.17. The van der Waals surface area contributed by atoms with Gasteiger partial charge in [-0.2, -0.15) is 5.10 Å². The standard InChI is InChI=1S/C17H17N3O4/c1-12-7-8-16(13(2)9-12)24-11-17(21)19-18-10-14-5-3-4-6-15(14)20(22)23/h3-10H,11H2,1-2H3,(H,19,21)/b18-10-. The van der Waals surface area contributed by atoms with Crippen molar-refractivity contribution >= 4 is 17.8 Å². The van der Waals surface area contributed by atoms with Crippen molar-refractivity contribution in [1.82, 2.24) is 5.43 Å². The molecule has 1 amide bonds. The molecular formula is C17H17N3O4. The van der Waals surface area contributed by atoms with Gasteiger partial charge in [-0.3, -0.25) is 14.9 Å². The lowest BCUT2D eigenvalue weighted by molar-refractivity contribution is -0.385. The summed E-state index contributed by atoms with van der Waals surface area (Å²) in [7, 11) is 0. The molecule has 0 heterocycles. The van der Waals surface area contributed by atoms with Crippen LogP contribution in [-0.2, 0) is 4.79 Å². The van der Waals surface area contributed by atoms with E-state index in [-0.39, 0.29) is 12.3 Å². The number of aryl methyl sites for hydroxylation is 2. The van der Waals surface area contributed by atoms with Crippen molar-refractivity contribution < 1.29 is 14.5 Å². The Labute approximate surface area is 139 Å². The number of nitro groups is 1. The van der Waals surface area contributed by atoms with E-state index in [1.165, 1.54) is 12.3 Å². The molecule has 0 unspecified atom stereocenters. The third kappa shape index (κ3) is 4.64. The molecule has 2 aromatic rings. The summed E-state index contributed by atoms with van der Waals surface area (Å²) in [5.74, 6) is 0.170. The van der Waals surface area contributed by atoms with Gasteiger partial charge in [-0.15, -0.1) is 0 Å². The summed E-state index contributed by atoms with van der Waals surface area (Å²) in [5, 5.41) is 14.6. The Morgan fingerprint density at radius 1 is 1.29 bits per heavy atom. The largest absolute Gasteiger partial charge is 0.483 e. The molecule has 0 bridgehead atoms. The van der Waals surface area contributed by atoms with Crippen LogP contribution >= 0.6 is 0 Å². The number of carbonyl (C=O) groups excluding carboxylic acids is 1. The molecule has 2 rings (SSSR count). The lowest BCUT2D eigenvalue weighted by Crippen LogP contribution is -2.24. The zero-order valence-corrected chi connectivity index (χ0v) is 13.4. The number of para-hydroxylation sites is 1. The Kier molecular flexibility index (Phi) is 5.62. The molecule has 0 radical (unpaired) electrons. The van der Waals surface area contributed by atoms with Gasteiger partial charge in [-0.05, 0) is 31.5 Å². The van der Waals surface area contributed by atoms with Crippen LogP contribution in [0.1, 0.15) is 16.7 Å². The van der Waals surface area contributed by atoms with Gasteiger partial charge in [0.1, 0.15) is 5.75 Å². The van der Waals surface area contributed by atoms with Crippen molar-refractivity contribution in [2.45, 2.75) is 13.8 Å². The molecule has 0 aliphatic rings. The van der Waals surface area contributed by atoms with Crippen molar-refractivity contribution in [3.8, 4) is 5.75 Å². The highest BCUT2D eigenvalue weighted by Crippen LogP contribution is 2.18. The quantitative estimate of drug-likeness (QED) is 0.501. The first kappa shape index (κ1) is 17.1. The van der Waals surface area contributed by atoms with Crippen LogP contribution in [0.4, 0.5) is 5.69 Å². The first-order valence-electron chi connectivity index (χ1n) is 7.23. The van der Waals surface area contributed by atoms with E-state index in [1.54, 1.807) is 24.3 Å². The first-order chi connectivity index (χ1) is 11.5. The number of amides is 1. The third-order valence-electron chi connectivity index (χ3n) is 3.22. The van der Waals surface area contributed by atoms with Gasteiger partial charge in [0.15, 0.2) is 6.61 Å². The second kappa shape index (κ2) is 7.87. The summed E-state index contributed by atoms with van der Waals surface area (Å²) in [6.07, 6.45) is 1.23. The van der Waals surface area contributed by atoms with Gasteiger partial charge in [0, 0.05) is 6.07 Å². The van der Waals surface area contributed by atoms with Crippen molar-refractivity contribution in [3.05, 3.63) is 69.3 Å². The van der Waals surface area contributed by atoms with Gasteiger partial charge >= 0.3 is 0 Å². The molecular weight excluding hydrogens is 310 g/mol. The average molecular weight is 327 g/mol. The minimum atomic E-state index is -0.507. The van der Waals surface area contributed by atoms with E-state index in [4.69, 9.17) is 4.74 Å². The first-order valence-corrected chi connectivity index (χ1v) is 7.23. The molecule has 124 valence electrons. The number of nitrogens with zero attached hydrogens (tertiary/aromatic N) is 2. The fraction of sp³-hybridized carbons (Fsp3) is 0.176. The predicted molar refractivity (Wildman–Crippen MR) is 90.2 cm³/mol. The molecule has 24 heavy (non-hydrogen) atoms. The van der Waals surface area contributed by atoms with Crippen LogP contribution in [-0.4, -0.2) is 23.7 Å². The second-order valence-electron chi connectivity index (χ2n) is 5.17. The molecule has 0 atom stereocenters. The van der Waals surface area contributed by atoms with E-state index in [9.17, 15) is 14.9 Å². The molecule has 0 aliphatic carbocycles. The van der Waals surface area contributed by atoms with E-state index in [1.807, 2.05) is 26.0 Å². The molecule has 7 nitrogen and oxygen atoms in total. The van der Waals surface area contributed by atoms with Crippen molar-refractivity contribution in [3.63, 3.8) is 0 Å². The summed E-state index contributed by atoms with van der Waals surface area (Å²) < 4.78 is 5.42. The minimum Gasteiger partial charge on any atom is -0.483 e. The highest BCUT2D eigenvalue weighted by atomic mass is 16.6. The number of ether oxygens (including phenoxy) is 1. The summed E-state index contributed by atoms with van der Waals surface area (Å²) in [4.78, 5) is 22.1. The Morgan fingerprint density at radius 2 is 2.04 bits per heavy atom. The molecule has 1 N–H and O–H groups in total. The molecule has 2 aromatic carbocycles. The number of hydrogen-bond donors (Lipinski definition) is 1. The van der Waals surface area contributed by atoms with Crippen molar-refractivity contribution in [2.24, 2.45) is 5.10 Å². The summed E-state index contributed by atoms with van der Waals surface area (Å²) >= 11 is 0. The van der Waals surface area contributed by atoms with Gasteiger partial charge < -0.3 is 4.74 Å². The molecule has 0 fully saturated rings. The van der Waals surface area contributed by atoms with Crippen LogP contribution in [0, 0.1) is 24.0 Å². The Hall–Kier alpha value is -3.22. The van der Waals surface area contributed by atoms with Crippen LogP contribution < -0.4 is 10.2 Å². The van der Waals surface area contributed by atoms with Crippen molar-refractivity contribution in [1.29, 1.82) is 0 Å². The van der Waals surface area contributed by atoms with Crippen LogP contribution in [0.3, 0.4) is 0 Å². The Balaban J connectivity index is 1.90. The lowest BCUT2D eigenvalue weighted by Gasteiger charge is -2.08. The lowest BCUT2D eigenvalue weighted by atomic mass is 10.1. The number of carbonyl (C=O) groups is 1. The molecule has 0 spiro atoms. The Bertz CT molecular complexity index is 787. The maximum absolute atomic E-state index is 11.7. The minimum absolute atomic E-state index is 0.0815. The van der Waals surface area contributed by atoms with E-state index < -0.39 is 10.8 Å². The number of hydrogen-bond acceptors (Lipinski definition) is 5. The SMILES string of the molecule is Cc1ccc(OCC(=O)N/N=C\c2ccccc2[N+](=O)[O-])c(C)c1. The number of hydrazone groups is 1. The van der Waals surface area contributed by atoms with E-state index in [0.717, 1.165) is 11.1 Å². The van der Waals surface area contributed by atoms with Crippen LogP contribution in [0.25, 0.3) is 0 Å². The maximum Gasteiger partial charge on any atom is 0.278 e. The van der Waals surface area contributed by atoms with Gasteiger partial charge in [0.2, 0.25) is 0 Å². The van der Waals surface area contributed by atoms with Crippen LogP contribution in [0.2, 0.25) is 0 Å². The maximum atomic E-state index is 11.7. The summed E-state index contributed by atoms with van der Waals surface area (Å²) in [6.45, 7) is 3.67. The molecule has 0 saturated carbocycles. The zero-order chi connectivity index (χ0) is 17.5. The molecule has 0 saturated heterocycles. The normalized spacial score (nSPS) is 10.6. The average Bonchev–Trinajstić information content (AvgIpc) is 2.54. The molecule has 7 heteroatoms. The predicted octanol–water partition coefficient (Wildman–Crippen LogP) is 2.74. The zero-order valence-electron chi connectivity index (χ0n) is 13.4. The van der Waals surface area contributed by atoms with Crippen molar-refractivity contribution in [2.75, 3.05) is 6.61 Å². The number of rotatable bonds is 6. The monoisotopic (exact) mass is 327 g/mol. The van der Waals surface area contributed by atoms with E-state index in [2.05, 4.69) is 10.5 Å². The van der Waals surface area contributed by atoms with E-state index >= 15 is 0 Å². The number of nitrogens with one attached hydrogen (secondary N) is 1. The number of nitro benzene ring substituents is 1. The molecule has 0 aliphatic heterocycles. The fourth-order valence-corrected chi connectivity index (χ4v) is 2.07. The highest BCUT2D eigenvalue weighted by Gasteiger charge is 2.10. The van der Waals surface area contributed by atoms with Gasteiger partial charge in [-0.25, -0.2) is 5.43 Å². The highest BCUT2D eigenvalue weighted by molar-refractivity contribution is 5.86. The van der Waals surface area contributed by atoms with Gasteiger partial charge in [0.05, 0.1) is 16.7 Å². The summed E-state index contributed by atoms with van der Waals surface area (Å²) in [5.41, 5.74) is 4.55. The van der Waals surface area contributed by atoms with Crippen LogP contribution in [0.5, 0.6) is 5.75 Å². The number of benzene rings is 2. The topological polar surface area (TPSA) is 93.8 Å².